The van der Waals surface area contributed by atoms with Gasteiger partial charge in [0.25, 0.3) is 0 Å². The zero-order valence-corrected chi connectivity index (χ0v) is 11.4. The van der Waals surface area contributed by atoms with E-state index in [1.807, 2.05) is 18.2 Å². The number of nitrogens with one attached hydrogen (secondary N) is 1. The van der Waals surface area contributed by atoms with Gasteiger partial charge >= 0.3 is 0 Å². The van der Waals surface area contributed by atoms with E-state index in [0.717, 1.165) is 25.9 Å². The molecule has 98 valence electrons. The Hall–Kier alpha value is -1.15. The maximum atomic E-state index is 12.7. The van der Waals surface area contributed by atoms with Gasteiger partial charge in [0.2, 0.25) is 0 Å². The van der Waals surface area contributed by atoms with Gasteiger partial charge in [-0.25, -0.2) is 0 Å². The lowest BCUT2D eigenvalue weighted by Gasteiger charge is -2.37. The molecule has 1 aromatic carbocycles. The first kappa shape index (κ1) is 13.3. The van der Waals surface area contributed by atoms with Crippen LogP contribution in [0.5, 0.6) is 0 Å². The number of hydrogen-bond acceptors (Lipinski definition) is 2. The summed E-state index contributed by atoms with van der Waals surface area (Å²) in [5, 5.41) is 3.37. The number of carbonyl (C=O) groups excluding carboxylic acids is 1. The lowest BCUT2D eigenvalue weighted by molar-refractivity contribution is -0.126. The summed E-state index contributed by atoms with van der Waals surface area (Å²) in [6.07, 6.45) is 2.56. The number of rotatable bonds is 4. The molecule has 1 N–H and O–H groups in total. The highest BCUT2D eigenvalue weighted by Crippen LogP contribution is 2.36. The lowest BCUT2D eigenvalue weighted by Crippen LogP contribution is -2.45. The van der Waals surface area contributed by atoms with Gasteiger partial charge in [-0.3, -0.25) is 4.79 Å². The minimum atomic E-state index is -0.239. The van der Waals surface area contributed by atoms with Crippen molar-refractivity contribution in [2.24, 2.45) is 5.92 Å². The fourth-order valence-corrected chi connectivity index (χ4v) is 2.91. The van der Waals surface area contributed by atoms with Gasteiger partial charge in [0.1, 0.15) is 5.78 Å². The highest BCUT2D eigenvalue weighted by molar-refractivity contribution is 5.90. The van der Waals surface area contributed by atoms with E-state index >= 15 is 0 Å². The second kappa shape index (κ2) is 5.66. The molecule has 1 heterocycles. The summed E-state index contributed by atoms with van der Waals surface area (Å²) in [7, 11) is 0. The van der Waals surface area contributed by atoms with E-state index in [1.54, 1.807) is 0 Å². The molecular weight excluding hydrogens is 222 g/mol. The summed E-state index contributed by atoms with van der Waals surface area (Å²) < 4.78 is 0. The Kier molecular flexibility index (Phi) is 4.18. The van der Waals surface area contributed by atoms with Crippen molar-refractivity contribution < 1.29 is 4.79 Å². The van der Waals surface area contributed by atoms with Crippen molar-refractivity contribution in [2.45, 2.75) is 38.5 Å². The van der Waals surface area contributed by atoms with Crippen LogP contribution in [0.25, 0.3) is 0 Å². The molecule has 0 amide bonds. The zero-order valence-electron chi connectivity index (χ0n) is 11.4. The Morgan fingerprint density at radius 1 is 1.22 bits per heavy atom. The Balaban J connectivity index is 2.31. The molecule has 1 aromatic rings. The summed E-state index contributed by atoms with van der Waals surface area (Å²) in [6.45, 7) is 6.13. The molecule has 1 aliphatic rings. The van der Waals surface area contributed by atoms with Crippen LogP contribution in [0.1, 0.15) is 38.7 Å². The third-order valence-corrected chi connectivity index (χ3v) is 3.91. The van der Waals surface area contributed by atoms with E-state index in [4.69, 9.17) is 0 Å². The quantitative estimate of drug-likeness (QED) is 0.883. The van der Waals surface area contributed by atoms with E-state index in [9.17, 15) is 4.79 Å². The van der Waals surface area contributed by atoms with Crippen LogP contribution < -0.4 is 5.32 Å². The average Bonchev–Trinajstić information content (AvgIpc) is 2.40. The van der Waals surface area contributed by atoms with Crippen LogP contribution in [-0.2, 0) is 10.2 Å². The molecule has 0 radical (unpaired) electrons. The van der Waals surface area contributed by atoms with Gasteiger partial charge in [-0.1, -0.05) is 44.2 Å². The maximum absolute atomic E-state index is 12.7. The van der Waals surface area contributed by atoms with E-state index in [-0.39, 0.29) is 5.41 Å². The van der Waals surface area contributed by atoms with Crippen LogP contribution in [0.3, 0.4) is 0 Å². The molecule has 0 unspecified atom stereocenters. The van der Waals surface area contributed by atoms with Gasteiger partial charge in [0, 0.05) is 6.42 Å². The number of ketones is 1. The maximum Gasteiger partial charge on any atom is 0.143 e. The summed E-state index contributed by atoms with van der Waals surface area (Å²) in [5.41, 5.74) is 0.966. The lowest BCUT2D eigenvalue weighted by atomic mass is 9.68. The first-order valence-electron chi connectivity index (χ1n) is 6.95. The zero-order chi connectivity index (χ0) is 13.0. The van der Waals surface area contributed by atoms with Crippen LogP contribution in [0.4, 0.5) is 0 Å². The van der Waals surface area contributed by atoms with Gasteiger partial charge in [-0.15, -0.1) is 0 Å². The minimum Gasteiger partial charge on any atom is -0.317 e. The Morgan fingerprint density at radius 2 is 1.83 bits per heavy atom. The highest BCUT2D eigenvalue weighted by Gasteiger charge is 2.40. The molecule has 0 saturated carbocycles. The first-order valence-corrected chi connectivity index (χ1v) is 6.95. The van der Waals surface area contributed by atoms with Crippen LogP contribution in [0, 0.1) is 5.92 Å². The number of piperidine rings is 1. The molecule has 2 nitrogen and oxygen atoms in total. The van der Waals surface area contributed by atoms with Crippen molar-refractivity contribution >= 4 is 5.78 Å². The van der Waals surface area contributed by atoms with Gasteiger partial charge in [0.05, 0.1) is 5.41 Å². The van der Waals surface area contributed by atoms with Crippen LogP contribution in [-0.4, -0.2) is 18.9 Å². The summed E-state index contributed by atoms with van der Waals surface area (Å²) in [4.78, 5) is 12.7. The molecule has 2 heteroatoms. The number of hydrogen-bond donors (Lipinski definition) is 1. The first-order chi connectivity index (χ1) is 8.65. The van der Waals surface area contributed by atoms with Crippen LogP contribution in [0.2, 0.25) is 0 Å². The van der Waals surface area contributed by atoms with E-state index in [0.29, 0.717) is 18.1 Å². The molecule has 2 rings (SSSR count). The van der Waals surface area contributed by atoms with Crippen molar-refractivity contribution in [1.29, 1.82) is 0 Å². The standard InChI is InChI=1S/C16H23NO/c1-13(2)12-15(18)16(8-10-17-11-9-16)14-6-4-3-5-7-14/h3-7,13,17H,8-12H2,1-2H3. The molecule has 1 saturated heterocycles. The van der Waals surface area contributed by atoms with E-state index in [1.165, 1.54) is 5.56 Å². The van der Waals surface area contributed by atoms with Crippen LogP contribution in [0.15, 0.2) is 30.3 Å². The van der Waals surface area contributed by atoms with Gasteiger partial charge in [0.15, 0.2) is 0 Å². The number of Topliss-reactive ketones (excluding diaryl/α,β-unsaturated/α-hetero) is 1. The summed E-state index contributed by atoms with van der Waals surface area (Å²) in [6, 6.07) is 10.3. The third-order valence-electron chi connectivity index (χ3n) is 3.91. The Morgan fingerprint density at radius 3 is 2.39 bits per heavy atom. The SMILES string of the molecule is CC(C)CC(=O)C1(c2ccccc2)CCNCC1. The monoisotopic (exact) mass is 245 g/mol. The average molecular weight is 245 g/mol. The fourth-order valence-electron chi connectivity index (χ4n) is 2.91. The summed E-state index contributed by atoms with van der Waals surface area (Å²) >= 11 is 0. The molecular formula is C16H23NO. The van der Waals surface area contributed by atoms with Gasteiger partial charge in [-0.05, 0) is 37.4 Å². The normalized spacial score (nSPS) is 18.8. The van der Waals surface area contributed by atoms with E-state index < -0.39 is 0 Å². The minimum absolute atomic E-state index is 0.239. The van der Waals surface area contributed by atoms with Gasteiger partial charge < -0.3 is 5.32 Å². The third kappa shape index (κ3) is 2.64. The van der Waals surface area contributed by atoms with Crippen molar-refractivity contribution in [3.8, 4) is 0 Å². The topological polar surface area (TPSA) is 29.1 Å². The van der Waals surface area contributed by atoms with Crippen molar-refractivity contribution in [3.63, 3.8) is 0 Å². The Bertz CT molecular complexity index is 391. The Labute approximate surface area is 110 Å². The second-order valence-electron chi connectivity index (χ2n) is 5.72. The predicted octanol–water partition coefficient (Wildman–Crippen LogP) is 2.92. The molecule has 1 aliphatic heterocycles. The fraction of sp³-hybridized carbons (Fsp3) is 0.562. The molecule has 0 atom stereocenters. The number of benzene rings is 1. The smallest absolute Gasteiger partial charge is 0.143 e. The van der Waals surface area contributed by atoms with Gasteiger partial charge in [-0.2, -0.15) is 0 Å². The molecule has 0 aliphatic carbocycles. The molecule has 0 bridgehead atoms. The molecule has 1 fully saturated rings. The largest absolute Gasteiger partial charge is 0.317 e. The number of carbonyl (C=O) groups is 1. The van der Waals surface area contributed by atoms with E-state index in [2.05, 4.69) is 31.3 Å². The summed E-state index contributed by atoms with van der Waals surface area (Å²) in [5.74, 6) is 0.859. The highest BCUT2D eigenvalue weighted by atomic mass is 16.1. The van der Waals surface area contributed by atoms with Crippen LogP contribution >= 0.6 is 0 Å². The van der Waals surface area contributed by atoms with Crippen molar-refractivity contribution in [1.82, 2.24) is 5.32 Å². The molecule has 18 heavy (non-hydrogen) atoms. The van der Waals surface area contributed by atoms with Crippen molar-refractivity contribution in [2.75, 3.05) is 13.1 Å². The van der Waals surface area contributed by atoms with Crippen molar-refractivity contribution in [3.05, 3.63) is 35.9 Å². The molecule has 0 aromatic heterocycles. The predicted molar refractivity (Wildman–Crippen MR) is 74.7 cm³/mol. The second-order valence-corrected chi connectivity index (χ2v) is 5.72. The molecule has 0 spiro atoms.